The van der Waals surface area contributed by atoms with E-state index in [9.17, 15) is 14.4 Å². The van der Waals surface area contributed by atoms with E-state index in [1.165, 1.54) is 28.8 Å². The molecule has 0 bridgehead atoms. The van der Waals surface area contributed by atoms with Gasteiger partial charge in [0, 0.05) is 21.7 Å². The van der Waals surface area contributed by atoms with Crippen LogP contribution >= 0.6 is 23.4 Å². The number of hydrogen-bond donors (Lipinski definition) is 2. The molecule has 0 radical (unpaired) electrons. The van der Waals surface area contributed by atoms with E-state index in [0.717, 1.165) is 24.8 Å². The number of carbonyl (C=O) groups is 3. The van der Waals surface area contributed by atoms with Crippen LogP contribution in [-0.4, -0.2) is 41.3 Å². The second kappa shape index (κ2) is 10.7. The summed E-state index contributed by atoms with van der Waals surface area (Å²) in [5, 5.41) is 6.06. The van der Waals surface area contributed by atoms with E-state index in [1.54, 1.807) is 45.0 Å². The predicted molar refractivity (Wildman–Crippen MR) is 138 cm³/mol. The molecule has 2 N–H and O–H groups in total. The fourth-order valence-corrected chi connectivity index (χ4v) is 5.10. The van der Waals surface area contributed by atoms with Gasteiger partial charge in [-0.15, -0.1) is 11.8 Å². The number of benzene rings is 2. The van der Waals surface area contributed by atoms with Gasteiger partial charge in [-0.25, -0.2) is 9.18 Å². The topological polar surface area (TPSA) is 87.7 Å². The minimum atomic E-state index is -0.917. The van der Waals surface area contributed by atoms with Crippen LogP contribution in [0.4, 0.5) is 14.9 Å². The van der Waals surface area contributed by atoms with Crippen LogP contribution < -0.4 is 15.5 Å². The highest BCUT2D eigenvalue weighted by Gasteiger charge is 2.35. The van der Waals surface area contributed by atoms with Gasteiger partial charge in [0.05, 0.1) is 17.8 Å². The quantitative estimate of drug-likeness (QED) is 0.545. The van der Waals surface area contributed by atoms with Crippen molar-refractivity contribution in [3.05, 3.63) is 58.4 Å². The zero-order valence-corrected chi connectivity index (χ0v) is 22.0. The van der Waals surface area contributed by atoms with Crippen molar-refractivity contribution in [2.75, 3.05) is 10.7 Å². The van der Waals surface area contributed by atoms with Crippen LogP contribution in [0.3, 0.4) is 0 Å². The van der Waals surface area contributed by atoms with Crippen molar-refractivity contribution in [2.24, 2.45) is 0 Å². The minimum absolute atomic E-state index is 0.0410. The second-order valence-corrected chi connectivity index (χ2v) is 11.5. The normalized spacial score (nSPS) is 18.1. The van der Waals surface area contributed by atoms with Crippen LogP contribution in [0, 0.1) is 5.82 Å². The van der Waals surface area contributed by atoms with E-state index >= 15 is 4.39 Å². The molecule has 1 aliphatic heterocycles. The Morgan fingerprint density at radius 2 is 1.86 bits per heavy atom. The Kier molecular flexibility index (Phi) is 7.80. The average Bonchev–Trinajstić information content (AvgIpc) is 2.88. The van der Waals surface area contributed by atoms with Crippen molar-refractivity contribution >= 4 is 47.0 Å². The Hall–Kier alpha value is -2.78. The lowest BCUT2D eigenvalue weighted by Crippen LogP contribution is -2.50. The third-order valence-electron chi connectivity index (χ3n) is 5.94. The van der Waals surface area contributed by atoms with Crippen LogP contribution in [-0.2, 0) is 16.1 Å². The first kappa shape index (κ1) is 26.3. The number of thioether (sulfide) groups is 1. The Balaban J connectivity index is 1.67. The number of nitrogens with zero attached hydrogens (tertiary/aromatic N) is 1. The van der Waals surface area contributed by atoms with Gasteiger partial charge in [0.2, 0.25) is 0 Å². The fourth-order valence-electron chi connectivity index (χ4n) is 3.90. The number of fused-ring (bicyclic) bond motifs is 1. The SMILES string of the molecule is CC(C)(C)OC(=O)N[C@H]1CSc2cc(F)c(C(=O)NC3CCC3)cc2N(Cc2ccc(Cl)cc2)C1=O. The van der Waals surface area contributed by atoms with Gasteiger partial charge in [0.25, 0.3) is 11.8 Å². The molecule has 1 atom stereocenters. The van der Waals surface area contributed by atoms with E-state index in [0.29, 0.717) is 15.6 Å². The fraction of sp³-hybridized carbons (Fsp3) is 0.423. The molecule has 0 unspecified atom stereocenters. The van der Waals surface area contributed by atoms with Crippen molar-refractivity contribution in [1.29, 1.82) is 0 Å². The summed E-state index contributed by atoms with van der Waals surface area (Å²) in [5.41, 5.74) is 0.344. The molecule has 36 heavy (non-hydrogen) atoms. The van der Waals surface area contributed by atoms with Crippen LogP contribution in [0.15, 0.2) is 41.3 Å². The smallest absolute Gasteiger partial charge is 0.408 e. The molecule has 0 saturated heterocycles. The van der Waals surface area contributed by atoms with Crippen molar-refractivity contribution in [2.45, 2.75) is 69.2 Å². The van der Waals surface area contributed by atoms with E-state index < -0.39 is 29.5 Å². The van der Waals surface area contributed by atoms with E-state index in [-0.39, 0.29) is 29.8 Å². The monoisotopic (exact) mass is 533 g/mol. The summed E-state index contributed by atoms with van der Waals surface area (Å²) in [4.78, 5) is 40.9. The molecule has 192 valence electrons. The molecule has 10 heteroatoms. The third-order valence-corrected chi connectivity index (χ3v) is 7.33. The van der Waals surface area contributed by atoms with Gasteiger partial charge in [-0.3, -0.25) is 9.59 Å². The summed E-state index contributed by atoms with van der Waals surface area (Å²) < 4.78 is 20.4. The molecule has 1 fully saturated rings. The molecule has 0 aromatic heterocycles. The maximum atomic E-state index is 15.0. The first-order valence-electron chi connectivity index (χ1n) is 11.8. The Morgan fingerprint density at radius 1 is 1.17 bits per heavy atom. The average molecular weight is 534 g/mol. The first-order valence-corrected chi connectivity index (χ1v) is 13.2. The highest BCUT2D eigenvalue weighted by Crippen LogP contribution is 2.37. The van der Waals surface area contributed by atoms with Crippen molar-refractivity contribution in [1.82, 2.24) is 10.6 Å². The Morgan fingerprint density at radius 3 is 2.47 bits per heavy atom. The number of rotatable bonds is 5. The summed E-state index contributed by atoms with van der Waals surface area (Å²) >= 11 is 7.26. The van der Waals surface area contributed by atoms with Gasteiger partial charge in [-0.2, -0.15) is 0 Å². The van der Waals surface area contributed by atoms with Crippen molar-refractivity contribution < 1.29 is 23.5 Å². The van der Waals surface area contributed by atoms with E-state index in [2.05, 4.69) is 10.6 Å². The molecular weight excluding hydrogens is 505 g/mol. The third kappa shape index (κ3) is 6.31. The van der Waals surface area contributed by atoms with E-state index in [4.69, 9.17) is 16.3 Å². The number of amides is 3. The summed E-state index contributed by atoms with van der Waals surface area (Å²) in [7, 11) is 0. The van der Waals surface area contributed by atoms with Gasteiger partial charge in [-0.1, -0.05) is 23.7 Å². The highest BCUT2D eigenvalue weighted by atomic mass is 35.5. The number of ether oxygens (including phenoxy) is 1. The van der Waals surface area contributed by atoms with Crippen LogP contribution in [0.2, 0.25) is 5.02 Å². The van der Waals surface area contributed by atoms with Gasteiger partial charge < -0.3 is 20.3 Å². The minimum Gasteiger partial charge on any atom is -0.444 e. The standard InChI is InChI=1S/C26H29ClFN3O4S/c1-26(2,3)35-25(34)30-20-14-36-22-12-19(28)18(23(32)29-17-5-4-6-17)11-21(22)31(24(20)33)13-15-7-9-16(27)10-8-15/h7-12,17,20H,4-6,13-14H2,1-3H3,(H,29,32)(H,30,34)/t20-/m0/s1. The van der Waals surface area contributed by atoms with Crippen molar-refractivity contribution in [3.63, 3.8) is 0 Å². The maximum Gasteiger partial charge on any atom is 0.408 e. The Labute approximate surface area is 219 Å². The zero-order chi connectivity index (χ0) is 26.0. The molecule has 2 aromatic rings. The number of nitrogens with one attached hydrogen (secondary N) is 2. The molecule has 3 amide bonds. The lowest BCUT2D eigenvalue weighted by Gasteiger charge is -2.28. The van der Waals surface area contributed by atoms with E-state index in [1.807, 2.05) is 0 Å². The van der Waals surface area contributed by atoms with Crippen LogP contribution in [0.5, 0.6) is 0 Å². The summed E-state index contributed by atoms with van der Waals surface area (Å²) in [6.07, 6.45) is 2.05. The molecular formula is C26H29ClFN3O4S. The summed E-state index contributed by atoms with van der Waals surface area (Å²) in [6, 6.07) is 8.85. The number of alkyl carbamates (subject to hydrolysis) is 1. The first-order chi connectivity index (χ1) is 17.0. The van der Waals surface area contributed by atoms with Crippen LogP contribution in [0.1, 0.15) is 56.0 Å². The molecule has 2 aromatic carbocycles. The van der Waals surface area contributed by atoms with Gasteiger partial charge in [0.15, 0.2) is 0 Å². The Bertz CT molecular complexity index is 1170. The van der Waals surface area contributed by atoms with Crippen LogP contribution in [0.25, 0.3) is 0 Å². The van der Waals surface area contributed by atoms with Gasteiger partial charge in [-0.05, 0) is 69.9 Å². The van der Waals surface area contributed by atoms with Crippen molar-refractivity contribution in [3.8, 4) is 0 Å². The maximum absolute atomic E-state index is 15.0. The zero-order valence-electron chi connectivity index (χ0n) is 20.4. The summed E-state index contributed by atoms with van der Waals surface area (Å²) in [5.74, 6) is -1.37. The number of hydrogen-bond acceptors (Lipinski definition) is 5. The largest absolute Gasteiger partial charge is 0.444 e. The molecule has 4 rings (SSSR count). The molecule has 1 saturated carbocycles. The van der Waals surface area contributed by atoms with Gasteiger partial charge >= 0.3 is 6.09 Å². The highest BCUT2D eigenvalue weighted by molar-refractivity contribution is 7.99. The number of carbonyl (C=O) groups excluding carboxylic acids is 3. The molecule has 7 nitrogen and oxygen atoms in total. The molecule has 2 aliphatic rings. The van der Waals surface area contributed by atoms with Gasteiger partial charge in [0.1, 0.15) is 17.5 Å². The number of anilines is 1. The lowest BCUT2D eigenvalue weighted by atomic mass is 9.93. The molecule has 0 spiro atoms. The predicted octanol–water partition coefficient (Wildman–Crippen LogP) is 5.29. The second-order valence-electron chi connectivity index (χ2n) is 9.96. The lowest BCUT2D eigenvalue weighted by molar-refractivity contribution is -0.120. The molecule has 1 heterocycles. The molecule has 1 aliphatic carbocycles. The number of halogens is 2. The summed E-state index contributed by atoms with van der Waals surface area (Å²) in [6.45, 7) is 5.35.